The fourth-order valence-electron chi connectivity index (χ4n) is 1.70. The highest BCUT2D eigenvalue weighted by atomic mass is 16.6. The van der Waals surface area contributed by atoms with Crippen molar-refractivity contribution >= 4 is 16.7 Å². The molecule has 2 aromatic heterocycles. The molecular weight excluding hydrogens is 252 g/mol. The van der Waals surface area contributed by atoms with Crippen molar-refractivity contribution in [3.63, 3.8) is 0 Å². The van der Waals surface area contributed by atoms with Crippen molar-refractivity contribution in [2.45, 2.75) is 0 Å². The first-order chi connectivity index (χ1) is 9.16. The number of benzene rings is 1. The molecule has 0 spiro atoms. The van der Waals surface area contributed by atoms with Gasteiger partial charge in [-0.15, -0.1) is 0 Å². The number of hydrogen-bond donors (Lipinski definition) is 1. The Morgan fingerprint density at radius 3 is 2.63 bits per heavy atom. The van der Waals surface area contributed by atoms with Gasteiger partial charge in [0.1, 0.15) is 5.52 Å². The van der Waals surface area contributed by atoms with Gasteiger partial charge < -0.3 is 9.51 Å². The summed E-state index contributed by atoms with van der Waals surface area (Å²) >= 11 is 0. The Labute approximate surface area is 104 Å². The molecule has 3 rings (SSSR count). The maximum Gasteiger partial charge on any atom is 0.280 e. The van der Waals surface area contributed by atoms with Gasteiger partial charge in [0.05, 0.1) is 11.3 Å². The zero-order chi connectivity index (χ0) is 13.4. The van der Waals surface area contributed by atoms with Gasteiger partial charge >= 0.3 is 0 Å². The van der Waals surface area contributed by atoms with E-state index in [9.17, 15) is 14.9 Å². The van der Waals surface area contributed by atoms with Crippen molar-refractivity contribution in [2.75, 3.05) is 0 Å². The Balaban J connectivity index is 2.17. The number of hydrogen-bond acceptors (Lipinski definition) is 6. The molecule has 8 heteroatoms. The Bertz CT molecular complexity index is 819. The average molecular weight is 258 g/mol. The van der Waals surface area contributed by atoms with Crippen LogP contribution in [-0.4, -0.2) is 20.0 Å². The number of nitrogens with zero attached hydrogens (tertiary/aromatic N) is 3. The minimum absolute atomic E-state index is 0.0293. The van der Waals surface area contributed by atoms with Crippen LogP contribution in [0.15, 0.2) is 39.9 Å². The topological polar surface area (TPSA) is 115 Å². The molecule has 94 valence electrons. The van der Waals surface area contributed by atoms with Crippen LogP contribution < -0.4 is 5.56 Å². The molecule has 2 heterocycles. The number of H-pyrrole nitrogens is 1. The van der Waals surface area contributed by atoms with Gasteiger partial charge in [-0.25, -0.2) is 4.98 Å². The summed E-state index contributed by atoms with van der Waals surface area (Å²) in [7, 11) is 0. The second-order valence-corrected chi connectivity index (χ2v) is 3.74. The van der Waals surface area contributed by atoms with Crippen molar-refractivity contribution in [3.05, 3.63) is 51.1 Å². The van der Waals surface area contributed by atoms with Crippen molar-refractivity contribution in [1.29, 1.82) is 0 Å². The molecule has 0 unspecified atom stereocenters. The van der Waals surface area contributed by atoms with E-state index in [1.807, 2.05) is 0 Å². The van der Waals surface area contributed by atoms with Crippen LogP contribution in [0.4, 0.5) is 5.69 Å². The van der Waals surface area contributed by atoms with Gasteiger partial charge in [0, 0.05) is 17.7 Å². The van der Waals surface area contributed by atoms with E-state index in [0.29, 0.717) is 16.8 Å². The zero-order valence-electron chi connectivity index (χ0n) is 9.36. The molecule has 0 saturated heterocycles. The number of nitrogens with one attached hydrogen (secondary N) is 1. The highest BCUT2D eigenvalue weighted by Crippen LogP contribution is 2.26. The van der Waals surface area contributed by atoms with E-state index in [2.05, 4.69) is 15.1 Å². The third-order valence-electron chi connectivity index (χ3n) is 2.61. The number of rotatable bonds is 2. The van der Waals surface area contributed by atoms with Crippen LogP contribution >= 0.6 is 0 Å². The molecule has 0 atom stereocenters. The van der Waals surface area contributed by atoms with Gasteiger partial charge in [-0.05, 0) is 12.1 Å². The van der Waals surface area contributed by atoms with Crippen LogP contribution in [0.1, 0.15) is 0 Å². The Morgan fingerprint density at radius 2 is 1.95 bits per heavy atom. The lowest BCUT2D eigenvalue weighted by Crippen LogP contribution is -2.05. The molecule has 3 aromatic rings. The molecule has 0 bridgehead atoms. The molecule has 1 aromatic carbocycles. The smallest absolute Gasteiger partial charge is 0.280 e. The van der Waals surface area contributed by atoms with Crippen LogP contribution in [0.3, 0.4) is 0 Å². The van der Waals surface area contributed by atoms with Gasteiger partial charge in [0.2, 0.25) is 0 Å². The first kappa shape index (κ1) is 11.1. The third-order valence-corrected chi connectivity index (χ3v) is 2.61. The largest absolute Gasteiger partial charge is 0.353 e. The fraction of sp³-hybridized carbons (Fsp3) is 0. The lowest BCUT2D eigenvalue weighted by molar-refractivity contribution is -0.384. The van der Waals surface area contributed by atoms with E-state index in [1.165, 1.54) is 30.6 Å². The van der Waals surface area contributed by atoms with Crippen LogP contribution in [0.2, 0.25) is 0 Å². The number of aromatic nitrogens is 3. The molecule has 0 aliphatic rings. The maximum atomic E-state index is 11.5. The fourth-order valence-corrected chi connectivity index (χ4v) is 1.70. The summed E-state index contributed by atoms with van der Waals surface area (Å²) in [5, 5.41) is 14.2. The van der Waals surface area contributed by atoms with E-state index in [4.69, 9.17) is 4.52 Å². The van der Waals surface area contributed by atoms with Crippen LogP contribution in [0.25, 0.3) is 22.4 Å². The molecule has 0 aliphatic carbocycles. The Morgan fingerprint density at radius 1 is 1.21 bits per heavy atom. The summed E-state index contributed by atoms with van der Waals surface area (Å²) in [5.41, 5.74) is 0.542. The molecule has 0 fully saturated rings. The highest BCUT2D eigenvalue weighted by Gasteiger charge is 2.15. The summed E-state index contributed by atoms with van der Waals surface area (Å²) < 4.78 is 5.08. The van der Waals surface area contributed by atoms with Crippen LogP contribution in [0, 0.1) is 10.1 Å². The molecular formula is C11H6N4O4. The molecule has 0 amide bonds. The van der Waals surface area contributed by atoms with E-state index in [0.717, 1.165) is 0 Å². The molecule has 19 heavy (non-hydrogen) atoms. The lowest BCUT2D eigenvalue weighted by Gasteiger charge is -1.95. The second-order valence-electron chi connectivity index (χ2n) is 3.74. The standard InChI is InChI=1S/C11H6N4O4/c16-11-9-8(12-5-13-11)10(19-14-9)6-1-3-7(4-2-6)15(17)18/h1-5H,(H,12,13,16). The zero-order valence-corrected chi connectivity index (χ0v) is 9.36. The second kappa shape index (κ2) is 4.02. The predicted octanol–water partition coefficient (Wildman–Crippen LogP) is 1.49. The van der Waals surface area contributed by atoms with E-state index < -0.39 is 10.5 Å². The SMILES string of the molecule is O=c1[nH]cnc2c(-c3ccc([N+](=O)[O-])cc3)onc12. The minimum Gasteiger partial charge on any atom is -0.353 e. The van der Waals surface area contributed by atoms with Crippen molar-refractivity contribution in [2.24, 2.45) is 0 Å². The van der Waals surface area contributed by atoms with E-state index in [1.54, 1.807) is 0 Å². The van der Waals surface area contributed by atoms with E-state index in [-0.39, 0.29) is 11.2 Å². The summed E-state index contributed by atoms with van der Waals surface area (Å²) in [6.07, 6.45) is 1.25. The summed E-state index contributed by atoms with van der Waals surface area (Å²) in [6.45, 7) is 0. The summed E-state index contributed by atoms with van der Waals surface area (Å²) in [4.78, 5) is 27.9. The van der Waals surface area contributed by atoms with Crippen molar-refractivity contribution < 1.29 is 9.45 Å². The molecule has 8 nitrogen and oxygen atoms in total. The molecule has 0 saturated carbocycles. The summed E-state index contributed by atoms with van der Waals surface area (Å²) in [5.74, 6) is 0.302. The molecule has 0 aliphatic heterocycles. The number of fused-ring (bicyclic) bond motifs is 1. The number of nitro benzene ring substituents is 1. The Hall–Kier alpha value is -3.03. The summed E-state index contributed by atoms with van der Waals surface area (Å²) in [6, 6.07) is 5.72. The first-order valence-electron chi connectivity index (χ1n) is 5.25. The van der Waals surface area contributed by atoms with Gasteiger partial charge in [0.15, 0.2) is 11.3 Å². The lowest BCUT2D eigenvalue weighted by atomic mass is 10.1. The molecule has 1 N–H and O–H groups in total. The van der Waals surface area contributed by atoms with Gasteiger partial charge in [-0.3, -0.25) is 14.9 Å². The third kappa shape index (κ3) is 1.75. The number of non-ortho nitro benzene ring substituents is 1. The maximum absolute atomic E-state index is 11.5. The highest BCUT2D eigenvalue weighted by molar-refractivity contribution is 5.87. The average Bonchev–Trinajstić information content (AvgIpc) is 2.84. The predicted molar refractivity (Wildman–Crippen MR) is 64.5 cm³/mol. The van der Waals surface area contributed by atoms with Gasteiger partial charge in [0.25, 0.3) is 11.2 Å². The number of nitro groups is 1. The van der Waals surface area contributed by atoms with Crippen molar-refractivity contribution in [1.82, 2.24) is 15.1 Å². The first-order valence-corrected chi connectivity index (χ1v) is 5.25. The number of aromatic amines is 1. The minimum atomic E-state index is -0.495. The van der Waals surface area contributed by atoms with Crippen LogP contribution in [-0.2, 0) is 0 Å². The van der Waals surface area contributed by atoms with Gasteiger partial charge in [-0.2, -0.15) is 0 Å². The Kier molecular flexibility index (Phi) is 2.34. The molecule has 0 radical (unpaired) electrons. The normalized spacial score (nSPS) is 10.7. The van der Waals surface area contributed by atoms with Crippen LogP contribution in [0.5, 0.6) is 0 Å². The van der Waals surface area contributed by atoms with E-state index >= 15 is 0 Å². The quantitative estimate of drug-likeness (QED) is 0.550. The van der Waals surface area contributed by atoms with Gasteiger partial charge in [-0.1, -0.05) is 5.16 Å². The van der Waals surface area contributed by atoms with Crippen molar-refractivity contribution in [3.8, 4) is 11.3 Å². The monoisotopic (exact) mass is 258 g/mol.